The normalized spacial score (nSPS) is 14.3. The van der Waals surface area contributed by atoms with Gasteiger partial charge in [0.2, 0.25) is 11.9 Å². The smallest absolute Gasteiger partial charge is 0.411 e. The van der Waals surface area contributed by atoms with Crippen molar-refractivity contribution in [2.45, 2.75) is 104 Å². The Kier molecular flexibility index (Phi) is 13.5. The van der Waals surface area contributed by atoms with Crippen molar-refractivity contribution in [3.63, 3.8) is 0 Å². The van der Waals surface area contributed by atoms with Crippen LogP contribution in [0.5, 0.6) is 0 Å². The van der Waals surface area contributed by atoms with Crippen molar-refractivity contribution in [3.05, 3.63) is 82.5 Å². The highest BCUT2D eigenvalue weighted by atomic mass is 19.1. The van der Waals surface area contributed by atoms with Crippen LogP contribution in [0.15, 0.2) is 65.6 Å². The predicted octanol–water partition coefficient (Wildman–Crippen LogP) is 8.25. The van der Waals surface area contributed by atoms with Gasteiger partial charge in [0.1, 0.15) is 5.82 Å². The molecule has 1 aliphatic rings. The highest BCUT2D eigenvalue weighted by Crippen LogP contribution is 2.30. The van der Waals surface area contributed by atoms with E-state index in [1.54, 1.807) is 9.47 Å². The van der Waals surface area contributed by atoms with Crippen molar-refractivity contribution >= 4 is 29.0 Å². The first-order chi connectivity index (χ1) is 24.7. The molecule has 2 aromatic carbocycles. The fourth-order valence-electron chi connectivity index (χ4n) is 7.06. The van der Waals surface area contributed by atoms with Crippen molar-refractivity contribution in [1.29, 1.82) is 0 Å². The van der Waals surface area contributed by atoms with Gasteiger partial charge in [-0.05, 0) is 56.0 Å². The average Bonchev–Trinajstić information content (AvgIpc) is 3.50. The van der Waals surface area contributed by atoms with Crippen LogP contribution in [-0.4, -0.2) is 69.4 Å². The largest absolute Gasteiger partial charge is 0.424 e. The van der Waals surface area contributed by atoms with Gasteiger partial charge in [0, 0.05) is 57.4 Å². The van der Waals surface area contributed by atoms with Gasteiger partial charge in [0.05, 0.1) is 17.6 Å². The summed E-state index contributed by atoms with van der Waals surface area (Å²) in [6, 6.07) is 16.3. The zero-order chi connectivity index (χ0) is 36.3. The number of imidazole rings is 1. The molecule has 0 radical (unpaired) electrons. The van der Waals surface area contributed by atoms with E-state index < -0.39 is 12.3 Å². The maximum Gasteiger partial charge on any atom is 0.411 e. The molecular weight excluding hydrogens is 645 g/mol. The Bertz CT molecular complexity index is 1750. The number of para-hydroxylation sites is 2. The van der Waals surface area contributed by atoms with E-state index >= 15 is 0 Å². The predicted molar refractivity (Wildman–Crippen MR) is 203 cm³/mol. The van der Waals surface area contributed by atoms with E-state index in [1.165, 1.54) is 56.5 Å². The summed E-state index contributed by atoms with van der Waals surface area (Å²) in [4.78, 5) is 42.8. The van der Waals surface area contributed by atoms with Crippen molar-refractivity contribution in [2.24, 2.45) is 5.92 Å². The molecule has 0 bridgehead atoms. The summed E-state index contributed by atoms with van der Waals surface area (Å²) in [6.45, 7) is 11.4. The van der Waals surface area contributed by atoms with Crippen LogP contribution < -0.4 is 15.4 Å². The molecule has 4 aromatic rings. The molecule has 1 aliphatic heterocycles. The summed E-state index contributed by atoms with van der Waals surface area (Å²) < 4.78 is 23.6. The quantitative estimate of drug-likeness (QED) is 0.103. The van der Waals surface area contributed by atoms with Crippen molar-refractivity contribution in [1.82, 2.24) is 24.0 Å². The van der Waals surface area contributed by atoms with E-state index in [-0.39, 0.29) is 23.3 Å². The molecule has 51 heavy (non-hydrogen) atoms. The van der Waals surface area contributed by atoms with E-state index in [9.17, 15) is 14.0 Å². The number of unbranched alkanes of at least 4 members (excludes halogenated alkanes) is 6. The molecule has 0 N–H and O–H groups in total. The van der Waals surface area contributed by atoms with E-state index in [4.69, 9.17) is 9.72 Å². The van der Waals surface area contributed by atoms with E-state index in [0.29, 0.717) is 25.6 Å². The SMILES string of the molecule is CCCCCCCCCN(CC)C(=O)OC(C(C)C)n1c(N(C)C2CCN(c3nc4ccccc4n3Cc3ccc(F)cc3)CC2)nccc1=O. The van der Waals surface area contributed by atoms with Crippen LogP contribution in [0.2, 0.25) is 0 Å². The number of piperidine rings is 1. The lowest BCUT2D eigenvalue weighted by molar-refractivity contribution is 0.000642. The third-order valence-corrected chi connectivity index (χ3v) is 10.1. The number of aromatic nitrogens is 4. The second kappa shape index (κ2) is 18.2. The molecule has 3 heterocycles. The number of benzene rings is 2. The highest BCUT2D eigenvalue weighted by Gasteiger charge is 2.32. The molecule has 276 valence electrons. The number of nitrogens with zero attached hydrogens (tertiary/aromatic N) is 7. The second-order valence-electron chi connectivity index (χ2n) is 14.1. The maximum absolute atomic E-state index is 13.7. The molecule has 1 unspecified atom stereocenters. The highest BCUT2D eigenvalue weighted by molar-refractivity contribution is 5.79. The number of carbonyl (C=O) groups is 1. The minimum Gasteiger partial charge on any atom is -0.424 e. The Morgan fingerprint density at radius 1 is 0.961 bits per heavy atom. The Balaban J connectivity index is 1.27. The van der Waals surface area contributed by atoms with E-state index in [2.05, 4.69) is 32.3 Å². The van der Waals surface area contributed by atoms with Crippen molar-refractivity contribution in [2.75, 3.05) is 43.0 Å². The molecule has 1 atom stereocenters. The van der Waals surface area contributed by atoms with Gasteiger partial charge < -0.3 is 24.0 Å². The summed E-state index contributed by atoms with van der Waals surface area (Å²) in [5, 5.41) is 0. The number of hydrogen-bond acceptors (Lipinski definition) is 7. The molecule has 10 nitrogen and oxygen atoms in total. The first-order valence-electron chi connectivity index (χ1n) is 18.9. The number of anilines is 2. The maximum atomic E-state index is 13.7. The standard InChI is InChI=1S/C40H56FN7O3/c1-6-8-9-10-11-12-15-26-45(7-2)40(50)51-37(30(3)4)48-36(49)22-25-42-38(48)44(5)33-23-27-46(28-24-33)39-43-34-16-13-14-17-35(34)47(39)29-31-18-20-32(41)21-19-31/h13-14,16-22,25,30,33,37H,6-12,15,23-24,26-29H2,1-5H3. The van der Waals surface area contributed by atoms with Gasteiger partial charge in [-0.15, -0.1) is 0 Å². The number of amides is 1. The van der Waals surface area contributed by atoms with Crippen molar-refractivity contribution < 1.29 is 13.9 Å². The van der Waals surface area contributed by atoms with Gasteiger partial charge in [-0.3, -0.25) is 4.79 Å². The van der Waals surface area contributed by atoms with Gasteiger partial charge in [-0.2, -0.15) is 0 Å². The first kappa shape index (κ1) is 37.8. The molecule has 5 rings (SSSR count). The molecule has 1 fully saturated rings. The Hall–Kier alpha value is -4.41. The van der Waals surface area contributed by atoms with Crippen LogP contribution in [-0.2, 0) is 11.3 Å². The number of hydrogen-bond donors (Lipinski definition) is 0. The lowest BCUT2D eigenvalue weighted by Crippen LogP contribution is -2.47. The summed E-state index contributed by atoms with van der Waals surface area (Å²) in [7, 11) is 1.97. The third kappa shape index (κ3) is 9.48. The number of fused-ring (bicyclic) bond motifs is 1. The van der Waals surface area contributed by atoms with Crippen LogP contribution in [0, 0.1) is 11.7 Å². The number of rotatable bonds is 17. The second-order valence-corrected chi connectivity index (χ2v) is 14.1. The van der Waals surface area contributed by atoms with Gasteiger partial charge in [0.25, 0.3) is 5.56 Å². The van der Waals surface area contributed by atoms with Crippen LogP contribution in [0.3, 0.4) is 0 Å². The molecular formula is C40H56FN7O3. The van der Waals surface area contributed by atoms with Gasteiger partial charge in [0.15, 0.2) is 6.23 Å². The van der Waals surface area contributed by atoms with Crippen LogP contribution in [0.4, 0.5) is 21.1 Å². The summed E-state index contributed by atoms with van der Waals surface area (Å²) in [5.41, 5.74) is 2.71. The van der Waals surface area contributed by atoms with Gasteiger partial charge in [-0.25, -0.2) is 23.7 Å². The molecule has 0 saturated carbocycles. The van der Waals surface area contributed by atoms with Crippen LogP contribution in [0.1, 0.15) is 97.3 Å². The molecule has 1 saturated heterocycles. The molecule has 11 heteroatoms. The first-order valence-corrected chi connectivity index (χ1v) is 18.9. The summed E-state index contributed by atoms with van der Waals surface area (Å²) in [5.74, 6) is 0.973. The lowest BCUT2D eigenvalue weighted by Gasteiger charge is -2.39. The van der Waals surface area contributed by atoms with Crippen LogP contribution in [0.25, 0.3) is 11.0 Å². The fraction of sp³-hybridized carbons (Fsp3) is 0.550. The van der Waals surface area contributed by atoms with Crippen molar-refractivity contribution in [3.8, 4) is 0 Å². The summed E-state index contributed by atoms with van der Waals surface area (Å²) in [6.07, 6.45) is 10.2. The van der Waals surface area contributed by atoms with E-state index in [0.717, 1.165) is 61.3 Å². The number of halogens is 1. The van der Waals surface area contributed by atoms with Crippen LogP contribution >= 0.6 is 0 Å². The molecule has 0 spiro atoms. The Morgan fingerprint density at radius 2 is 1.65 bits per heavy atom. The minimum atomic E-state index is -0.800. The lowest BCUT2D eigenvalue weighted by atomic mass is 10.0. The topological polar surface area (TPSA) is 88.7 Å². The monoisotopic (exact) mass is 701 g/mol. The zero-order valence-electron chi connectivity index (χ0n) is 31.1. The van der Waals surface area contributed by atoms with Gasteiger partial charge in [-0.1, -0.05) is 83.6 Å². The summed E-state index contributed by atoms with van der Waals surface area (Å²) >= 11 is 0. The number of ether oxygens (including phenoxy) is 1. The minimum absolute atomic E-state index is 0.102. The zero-order valence-corrected chi connectivity index (χ0v) is 31.1. The molecule has 1 amide bonds. The molecule has 0 aliphatic carbocycles. The number of carbonyl (C=O) groups excluding carboxylic acids is 1. The molecule has 2 aromatic heterocycles. The third-order valence-electron chi connectivity index (χ3n) is 10.1. The van der Waals surface area contributed by atoms with Gasteiger partial charge >= 0.3 is 6.09 Å². The van der Waals surface area contributed by atoms with E-state index in [1.807, 2.05) is 58.2 Å². The average molecular weight is 702 g/mol. The fourth-order valence-corrected chi connectivity index (χ4v) is 7.06. The Morgan fingerprint density at radius 3 is 2.33 bits per heavy atom. The Labute approximate surface area is 302 Å².